The third-order valence-electron chi connectivity index (χ3n) is 5.16. The van der Waals surface area contributed by atoms with Gasteiger partial charge < -0.3 is 15.3 Å². The highest BCUT2D eigenvalue weighted by Gasteiger charge is 2.39. The first-order valence-electron chi connectivity index (χ1n) is 9.20. The Morgan fingerprint density at radius 2 is 2.10 bits per heavy atom. The Balaban J connectivity index is 1.83. The van der Waals surface area contributed by atoms with Crippen LogP contribution < -0.4 is 10.2 Å². The first-order valence-corrected chi connectivity index (χ1v) is 9.20. The summed E-state index contributed by atoms with van der Waals surface area (Å²) in [5.41, 5.74) is 0.471. The predicted octanol–water partition coefficient (Wildman–Crippen LogP) is 1.82. The van der Waals surface area contributed by atoms with E-state index in [4.69, 9.17) is 0 Å². The first kappa shape index (κ1) is 19.2. The molecule has 4 rings (SSSR count). The van der Waals surface area contributed by atoms with Gasteiger partial charge in [0.15, 0.2) is 11.6 Å². The van der Waals surface area contributed by atoms with Gasteiger partial charge in [-0.15, -0.1) is 0 Å². The second-order valence-corrected chi connectivity index (χ2v) is 7.18. The SMILES string of the molecule is CC1CN(c2nc3c(cc2F)C(=O)N(C(=O)O)CC3c2ccc(F)cn2)CCN1. The van der Waals surface area contributed by atoms with E-state index in [9.17, 15) is 23.5 Å². The minimum absolute atomic E-state index is 0.112. The summed E-state index contributed by atoms with van der Waals surface area (Å²) in [4.78, 5) is 35.0. The van der Waals surface area contributed by atoms with Crippen LogP contribution in [0, 0.1) is 11.6 Å². The fourth-order valence-corrected chi connectivity index (χ4v) is 3.77. The molecule has 2 aromatic rings. The number of anilines is 1. The predicted molar refractivity (Wildman–Crippen MR) is 99.0 cm³/mol. The number of imide groups is 1. The summed E-state index contributed by atoms with van der Waals surface area (Å²) in [6.45, 7) is 3.49. The van der Waals surface area contributed by atoms with Crippen molar-refractivity contribution in [3.63, 3.8) is 0 Å². The van der Waals surface area contributed by atoms with Crippen LogP contribution in [0.25, 0.3) is 0 Å². The normalized spacial score (nSPS) is 21.8. The van der Waals surface area contributed by atoms with Gasteiger partial charge in [-0.1, -0.05) is 0 Å². The molecule has 10 heteroatoms. The molecule has 0 saturated carbocycles. The number of carbonyl (C=O) groups is 2. The number of nitrogens with one attached hydrogen (secondary N) is 1. The van der Waals surface area contributed by atoms with Crippen molar-refractivity contribution < 1.29 is 23.5 Å². The molecule has 0 aromatic carbocycles. The molecule has 1 fully saturated rings. The van der Waals surface area contributed by atoms with Gasteiger partial charge in [-0.05, 0) is 25.1 Å². The molecule has 2 aliphatic rings. The van der Waals surface area contributed by atoms with Gasteiger partial charge in [-0.2, -0.15) is 0 Å². The van der Waals surface area contributed by atoms with E-state index in [1.807, 2.05) is 6.92 Å². The van der Waals surface area contributed by atoms with Crippen LogP contribution in [0.3, 0.4) is 0 Å². The maximum atomic E-state index is 14.9. The Kier molecular flexibility index (Phi) is 4.87. The average Bonchev–Trinajstić information content (AvgIpc) is 2.69. The maximum absolute atomic E-state index is 14.9. The van der Waals surface area contributed by atoms with Crippen molar-refractivity contribution in [3.05, 3.63) is 53.0 Å². The number of halogens is 2. The van der Waals surface area contributed by atoms with Crippen molar-refractivity contribution in [2.24, 2.45) is 0 Å². The van der Waals surface area contributed by atoms with Crippen LogP contribution in [0.2, 0.25) is 0 Å². The molecular formula is C19H19F2N5O3. The Morgan fingerprint density at radius 3 is 2.76 bits per heavy atom. The smallest absolute Gasteiger partial charge is 0.414 e. The fraction of sp³-hybridized carbons (Fsp3) is 0.368. The summed E-state index contributed by atoms with van der Waals surface area (Å²) in [7, 11) is 0. The number of pyridine rings is 2. The summed E-state index contributed by atoms with van der Waals surface area (Å²) in [6, 6.07) is 3.79. The number of hydrogen-bond acceptors (Lipinski definition) is 6. The molecule has 2 N–H and O–H groups in total. The van der Waals surface area contributed by atoms with Crippen LogP contribution >= 0.6 is 0 Å². The molecule has 0 bridgehead atoms. The highest BCUT2D eigenvalue weighted by Crippen LogP contribution is 2.34. The van der Waals surface area contributed by atoms with E-state index in [1.165, 1.54) is 12.1 Å². The van der Waals surface area contributed by atoms with Gasteiger partial charge >= 0.3 is 6.09 Å². The van der Waals surface area contributed by atoms with Gasteiger partial charge in [0.25, 0.3) is 5.91 Å². The van der Waals surface area contributed by atoms with Crippen LogP contribution in [-0.4, -0.2) is 64.2 Å². The molecule has 4 heterocycles. The van der Waals surface area contributed by atoms with E-state index in [-0.39, 0.29) is 29.7 Å². The van der Waals surface area contributed by atoms with Gasteiger partial charge in [0.2, 0.25) is 0 Å². The number of piperazine rings is 1. The molecule has 2 aliphatic heterocycles. The molecule has 2 amide bonds. The van der Waals surface area contributed by atoms with Crippen molar-refractivity contribution in [2.45, 2.75) is 18.9 Å². The Hall–Kier alpha value is -3.14. The van der Waals surface area contributed by atoms with Gasteiger partial charge in [-0.3, -0.25) is 9.78 Å². The van der Waals surface area contributed by atoms with Crippen LogP contribution in [0.1, 0.15) is 34.6 Å². The lowest BCUT2D eigenvalue weighted by atomic mass is 9.91. The number of carbonyl (C=O) groups excluding carboxylic acids is 1. The highest BCUT2D eigenvalue weighted by molar-refractivity contribution is 6.04. The van der Waals surface area contributed by atoms with Gasteiger partial charge in [0.1, 0.15) is 5.82 Å². The van der Waals surface area contributed by atoms with Gasteiger partial charge in [0, 0.05) is 32.2 Å². The Bertz CT molecular complexity index is 969. The summed E-state index contributed by atoms with van der Waals surface area (Å²) in [5, 5.41) is 12.7. The standard InChI is InChI=1S/C19H19F2N5O3/c1-10-8-25(5-4-22-10)17-14(21)6-12-16(24-17)13(9-26(18(12)27)19(28)29)15-3-2-11(20)7-23-15/h2-3,6-7,10,13,22H,4-5,8-9H2,1H3,(H,28,29). The summed E-state index contributed by atoms with van der Waals surface area (Å²) >= 11 is 0. The van der Waals surface area contributed by atoms with E-state index in [2.05, 4.69) is 15.3 Å². The highest BCUT2D eigenvalue weighted by atomic mass is 19.1. The van der Waals surface area contributed by atoms with E-state index in [1.54, 1.807) is 4.90 Å². The van der Waals surface area contributed by atoms with Crippen LogP contribution in [-0.2, 0) is 0 Å². The molecule has 8 nitrogen and oxygen atoms in total. The fourth-order valence-electron chi connectivity index (χ4n) is 3.77. The third kappa shape index (κ3) is 3.51. The quantitative estimate of drug-likeness (QED) is 0.789. The van der Waals surface area contributed by atoms with Crippen LogP contribution in [0.4, 0.5) is 19.4 Å². The van der Waals surface area contributed by atoms with E-state index in [0.717, 1.165) is 12.3 Å². The lowest BCUT2D eigenvalue weighted by Crippen LogP contribution is -2.50. The minimum atomic E-state index is -1.45. The maximum Gasteiger partial charge on any atom is 0.414 e. The molecule has 2 unspecified atom stereocenters. The molecule has 152 valence electrons. The molecule has 2 aromatic heterocycles. The first-order chi connectivity index (χ1) is 13.8. The van der Waals surface area contributed by atoms with Crippen molar-refractivity contribution in [1.29, 1.82) is 0 Å². The Labute approximate surface area is 165 Å². The van der Waals surface area contributed by atoms with E-state index in [0.29, 0.717) is 30.2 Å². The molecule has 0 aliphatic carbocycles. The van der Waals surface area contributed by atoms with E-state index >= 15 is 0 Å². The molecule has 1 saturated heterocycles. The third-order valence-corrected chi connectivity index (χ3v) is 5.16. The van der Waals surface area contributed by atoms with E-state index < -0.39 is 29.6 Å². The summed E-state index contributed by atoms with van der Waals surface area (Å²) in [5.74, 6) is -2.68. The topological polar surface area (TPSA) is 98.7 Å². The second-order valence-electron chi connectivity index (χ2n) is 7.18. The summed E-state index contributed by atoms with van der Waals surface area (Å²) in [6.07, 6.45) is -0.438. The van der Waals surface area contributed by atoms with Crippen molar-refractivity contribution in [1.82, 2.24) is 20.2 Å². The number of carboxylic acid groups (broad SMARTS) is 1. The largest absolute Gasteiger partial charge is 0.465 e. The molecular weight excluding hydrogens is 384 g/mol. The number of fused-ring (bicyclic) bond motifs is 1. The number of amides is 2. The van der Waals surface area contributed by atoms with Gasteiger partial charge in [0.05, 0.1) is 29.1 Å². The zero-order chi connectivity index (χ0) is 20.7. The monoisotopic (exact) mass is 403 g/mol. The van der Waals surface area contributed by atoms with Crippen molar-refractivity contribution in [2.75, 3.05) is 31.1 Å². The van der Waals surface area contributed by atoms with Crippen LogP contribution in [0.15, 0.2) is 24.4 Å². The van der Waals surface area contributed by atoms with Crippen LogP contribution in [0.5, 0.6) is 0 Å². The number of hydrogen-bond donors (Lipinski definition) is 2. The van der Waals surface area contributed by atoms with Crippen molar-refractivity contribution >= 4 is 17.8 Å². The van der Waals surface area contributed by atoms with Gasteiger partial charge in [-0.25, -0.2) is 23.5 Å². The lowest BCUT2D eigenvalue weighted by molar-refractivity contribution is 0.0713. The zero-order valence-corrected chi connectivity index (χ0v) is 15.6. The molecule has 0 radical (unpaired) electrons. The number of rotatable bonds is 2. The average molecular weight is 403 g/mol. The summed E-state index contributed by atoms with van der Waals surface area (Å²) < 4.78 is 28.2. The minimum Gasteiger partial charge on any atom is -0.465 e. The number of nitrogens with zero attached hydrogens (tertiary/aromatic N) is 4. The lowest BCUT2D eigenvalue weighted by Gasteiger charge is -2.35. The number of aromatic nitrogens is 2. The molecule has 2 atom stereocenters. The van der Waals surface area contributed by atoms with Crippen molar-refractivity contribution in [3.8, 4) is 0 Å². The zero-order valence-electron chi connectivity index (χ0n) is 15.6. The Morgan fingerprint density at radius 1 is 1.31 bits per heavy atom. The molecule has 0 spiro atoms. The second kappa shape index (κ2) is 7.36. The molecule has 29 heavy (non-hydrogen) atoms.